The smallest absolute Gasteiger partial charge is 0.0899 e. The predicted octanol–water partition coefficient (Wildman–Crippen LogP) is 5.20. The lowest BCUT2D eigenvalue weighted by molar-refractivity contribution is 0.160. The molecule has 0 unspecified atom stereocenters. The first kappa shape index (κ1) is 14.0. The minimum absolute atomic E-state index is 0.0266. The molecule has 0 fully saturated rings. The fourth-order valence-electron chi connectivity index (χ4n) is 3.38. The molecule has 3 aromatic carbocycles. The zero-order valence-electron chi connectivity index (χ0n) is 12.8. The van der Waals surface area contributed by atoms with Gasteiger partial charge in [0, 0.05) is 5.92 Å². The molecule has 112 valence electrons. The van der Waals surface area contributed by atoms with Crippen molar-refractivity contribution in [3.8, 4) is 11.1 Å². The van der Waals surface area contributed by atoms with Crippen LogP contribution in [0, 0.1) is 0 Å². The van der Waals surface area contributed by atoms with Gasteiger partial charge < -0.3 is 5.11 Å². The van der Waals surface area contributed by atoms with Crippen LogP contribution in [0.5, 0.6) is 0 Å². The molecule has 2 atom stereocenters. The van der Waals surface area contributed by atoms with Crippen LogP contribution < -0.4 is 0 Å². The van der Waals surface area contributed by atoms with Gasteiger partial charge in [0.05, 0.1) is 6.10 Å². The second-order valence-corrected chi connectivity index (χ2v) is 5.91. The molecule has 0 saturated heterocycles. The van der Waals surface area contributed by atoms with E-state index in [1.165, 1.54) is 11.1 Å². The van der Waals surface area contributed by atoms with Crippen LogP contribution in [0.1, 0.15) is 28.7 Å². The van der Waals surface area contributed by atoms with Crippen molar-refractivity contribution in [2.45, 2.75) is 12.0 Å². The van der Waals surface area contributed by atoms with E-state index in [1.807, 2.05) is 42.5 Å². The number of hydrogen-bond acceptors (Lipinski definition) is 1. The molecule has 23 heavy (non-hydrogen) atoms. The standard InChI is InChI=1S/C22H18O/c23-22-20-13-7-6-11-18(20)17-10-4-5-12-19(17)21(22)15-14-16-8-2-1-3-9-16/h1-15,21-23H/b15-14-/t21-,22-/m0/s1. The molecule has 0 spiro atoms. The van der Waals surface area contributed by atoms with E-state index in [0.29, 0.717) is 0 Å². The van der Waals surface area contributed by atoms with E-state index < -0.39 is 6.10 Å². The molecule has 1 heteroatoms. The molecule has 0 aromatic heterocycles. The summed E-state index contributed by atoms with van der Waals surface area (Å²) >= 11 is 0. The maximum atomic E-state index is 10.9. The van der Waals surface area contributed by atoms with E-state index in [2.05, 4.69) is 48.6 Å². The van der Waals surface area contributed by atoms with Gasteiger partial charge in [0.15, 0.2) is 0 Å². The van der Waals surface area contributed by atoms with Gasteiger partial charge in [0.25, 0.3) is 0 Å². The Morgan fingerprint density at radius 2 is 1.22 bits per heavy atom. The monoisotopic (exact) mass is 298 g/mol. The molecule has 3 aromatic rings. The molecule has 4 rings (SSSR count). The molecular weight excluding hydrogens is 280 g/mol. The number of aliphatic hydroxyl groups is 1. The van der Waals surface area contributed by atoms with Crippen molar-refractivity contribution in [1.82, 2.24) is 0 Å². The number of benzene rings is 3. The zero-order chi connectivity index (χ0) is 15.6. The summed E-state index contributed by atoms with van der Waals surface area (Å²) in [5.74, 6) is -0.0266. The fraction of sp³-hybridized carbons (Fsp3) is 0.0909. The summed E-state index contributed by atoms with van der Waals surface area (Å²) in [6, 6.07) is 26.7. The van der Waals surface area contributed by atoms with E-state index in [-0.39, 0.29) is 5.92 Å². The van der Waals surface area contributed by atoms with E-state index >= 15 is 0 Å². The Morgan fingerprint density at radius 3 is 1.96 bits per heavy atom. The lowest BCUT2D eigenvalue weighted by Gasteiger charge is -2.30. The van der Waals surface area contributed by atoms with Crippen molar-refractivity contribution in [1.29, 1.82) is 0 Å². The summed E-state index contributed by atoms with van der Waals surface area (Å²) in [7, 11) is 0. The third kappa shape index (κ3) is 2.49. The maximum Gasteiger partial charge on any atom is 0.0899 e. The van der Waals surface area contributed by atoms with Crippen LogP contribution >= 0.6 is 0 Å². The van der Waals surface area contributed by atoms with Crippen LogP contribution in [0.4, 0.5) is 0 Å². The Balaban J connectivity index is 1.81. The highest BCUT2D eigenvalue weighted by Crippen LogP contribution is 2.46. The average Bonchev–Trinajstić information content (AvgIpc) is 2.63. The van der Waals surface area contributed by atoms with Gasteiger partial charge in [0.1, 0.15) is 0 Å². The Bertz CT molecular complexity index is 849. The lowest BCUT2D eigenvalue weighted by atomic mass is 9.76. The van der Waals surface area contributed by atoms with Crippen molar-refractivity contribution in [3.05, 3.63) is 102 Å². The lowest BCUT2D eigenvalue weighted by Crippen LogP contribution is -2.15. The fourth-order valence-corrected chi connectivity index (χ4v) is 3.38. The molecule has 0 radical (unpaired) electrons. The average molecular weight is 298 g/mol. The first-order chi connectivity index (χ1) is 11.3. The number of hydrogen-bond donors (Lipinski definition) is 1. The first-order valence-corrected chi connectivity index (χ1v) is 7.94. The minimum atomic E-state index is -0.513. The molecule has 1 aliphatic rings. The van der Waals surface area contributed by atoms with Crippen molar-refractivity contribution < 1.29 is 5.11 Å². The molecule has 0 amide bonds. The van der Waals surface area contributed by atoms with Gasteiger partial charge >= 0.3 is 0 Å². The quantitative estimate of drug-likeness (QED) is 0.689. The molecule has 0 saturated carbocycles. The van der Waals surface area contributed by atoms with Crippen molar-refractivity contribution >= 4 is 6.08 Å². The zero-order valence-corrected chi connectivity index (χ0v) is 12.8. The minimum Gasteiger partial charge on any atom is -0.387 e. The Kier molecular flexibility index (Phi) is 3.57. The van der Waals surface area contributed by atoms with E-state index in [9.17, 15) is 5.11 Å². The highest BCUT2D eigenvalue weighted by atomic mass is 16.3. The van der Waals surface area contributed by atoms with Gasteiger partial charge in [-0.2, -0.15) is 0 Å². The first-order valence-electron chi connectivity index (χ1n) is 7.94. The molecule has 1 nitrogen and oxygen atoms in total. The molecule has 1 aliphatic carbocycles. The molecule has 0 aliphatic heterocycles. The summed E-state index contributed by atoms with van der Waals surface area (Å²) < 4.78 is 0. The normalized spacial score (nSPS) is 19.3. The van der Waals surface area contributed by atoms with E-state index in [1.54, 1.807) is 0 Å². The highest BCUT2D eigenvalue weighted by molar-refractivity contribution is 5.75. The van der Waals surface area contributed by atoms with Crippen molar-refractivity contribution in [2.75, 3.05) is 0 Å². The van der Waals surface area contributed by atoms with Gasteiger partial charge in [-0.25, -0.2) is 0 Å². The summed E-state index contributed by atoms with van der Waals surface area (Å²) in [5, 5.41) is 10.9. The van der Waals surface area contributed by atoms with E-state index in [4.69, 9.17) is 0 Å². The topological polar surface area (TPSA) is 20.2 Å². The number of fused-ring (bicyclic) bond motifs is 3. The Labute approximate surface area is 136 Å². The molecular formula is C22H18O. The van der Waals surface area contributed by atoms with Crippen LogP contribution in [-0.4, -0.2) is 5.11 Å². The van der Waals surface area contributed by atoms with Crippen LogP contribution in [-0.2, 0) is 0 Å². The van der Waals surface area contributed by atoms with Gasteiger partial charge in [0.2, 0.25) is 0 Å². The number of aliphatic hydroxyl groups excluding tert-OH is 1. The van der Waals surface area contributed by atoms with Crippen LogP contribution in [0.25, 0.3) is 17.2 Å². The van der Waals surface area contributed by atoms with Crippen molar-refractivity contribution in [2.24, 2.45) is 0 Å². The van der Waals surface area contributed by atoms with Gasteiger partial charge in [-0.15, -0.1) is 0 Å². The van der Waals surface area contributed by atoms with E-state index in [0.717, 1.165) is 16.7 Å². The maximum absolute atomic E-state index is 10.9. The number of rotatable bonds is 2. The third-order valence-corrected chi connectivity index (χ3v) is 4.53. The van der Waals surface area contributed by atoms with Crippen LogP contribution in [0.3, 0.4) is 0 Å². The highest BCUT2D eigenvalue weighted by Gasteiger charge is 2.30. The summed E-state index contributed by atoms with van der Waals surface area (Å²) in [4.78, 5) is 0. The molecule has 0 bridgehead atoms. The Hall–Kier alpha value is -2.64. The second kappa shape index (κ2) is 5.86. The largest absolute Gasteiger partial charge is 0.387 e. The third-order valence-electron chi connectivity index (χ3n) is 4.53. The van der Waals surface area contributed by atoms with Crippen LogP contribution in [0.15, 0.2) is 84.9 Å². The second-order valence-electron chi connectivity index (χ2n) is 5.91. The summed E-state index contributed by atoms with van der Waals surface area (Å²) in [5.41, 5.74) is 5.70. The summed E-state index contributed by atoms with van der Waals surface area (Å²) in [6.45, 7) is 0. The van der Waals surface area contributed by atoms with Crippen LogP contribution in [0.2, 0.25) is 0 Å². The van der Waals surface area contributed by atoms with Gasteiger partial charge in [-0.05, 0) is 27.8 Å². The SMILES string of the molecule is O[C@H]1c2ccccc2-c2ccccc2[C@@H]1/C=C\c1ccccc1. The molecule has 1 N–H and O–H groups in total. The summed E-state index contributed by atoms with van der Waals surface area (Å²) in [6.07, 6.45) is 3.70. The van der Waals surface area contributed by atoms with Gasteiger partial charge in [-0.1, -0.05) is 91.0 Å². The predicted molar refractivity (Wildman–Crippen MR) is 95.1 cm³/mol. The Morgan fingerprint density at radius 1 is 0.652 bits per heavy atom. The van der Waals surface area contributed by atoms with Gasteiger partial charge in [-0.3, -0.25) is 0 Å². The molecule has 0 heterocycles. The van der Waals surface area contributed by atoms with Crippen molar-refractivity contribution in [3.63, 3.8) is 0 Å².